The molecule has 134 valence electrons. The van der Waals surface area contributed by atoms with Crippen molar-refractivity contribution in [2.45, 2.75) is 32.8 Å². The lowest BCUT2D eigenvalue weighted by Gasteiger charge is -2.16. The summed E-state index contributed by atoms with van der Waals surface area (Å²) in [6.07, 6.45) is -0.948. The number of benzene rings is 2. The van der Waals surface area contributed by atoms with Gasteiger partial charge in [0.25, 0.3) is 5.91 Å². The van der Waals surface area contributed by atoms with Gasteiger partial charge < -0.3 is 14.5 Å². The number of anilines is 1. The van der Waals surface area contributed by atoms with Crippen LogP contribution in [-0.4, -0.2) is 18.0 Å². The van der Waals surface area contributed by atoms with Crippen molar-refractivity contribution in [2.24, 2.45) is 0 Å². The zero-order chi connectivity index (χ0) is 18.7. The predicted molar refractivity (Wildman–Crippen MR) is 100 cm³/mol. The molecule has 26 heavy (non-hydrogen) atoms. The molecule has 1 heterocycles. The number of carbonyl (C=O) groups is 2. The van der Waals surface area contributed by atoms with E-state index in [1.54, 1.807) is 12.1 Å². The van der Waals surface area contributed by atoms with E-state index in [0.29, 0.717) is 5.58 Å². The van der Waals surface area contributed by atoms with E-state index >= 15 is 0 Å². The van der Waals surface area contributed by atoms with E-state index in [0.717, 1.165) is 16.6 Å². The maximum Gasteiger partial charge on any atom is 0.375 e. The largest absolute Gasteiger partial charge is 0.449 e. The van der Waals surface area contributed by atoms with Crippen LogP contribution in [0.5, 0.6) is 0 Å². The molecule has 0 saturated carbocycles. The molecule has 3 aromatic rings. The minimum Gasteiger partial charge on any atom is -0.449 e. The molecule has 0 radical (unpaired) electrons. The molecule has 1 atom stereocenters. The minimum atomic E-state index is -0.948. The average Bonchev–Trinajstić information content (AvgIpc) is 3.06. The first-order valence-corrected chi connectivity index (χ1v) is 8.55. The van der Waals surface area contributed by atoms with Gasteiger partial charge in [0.2, 0.25) is 5.76 Å². The Kier molecular flexibility index (Phi) is 5.07. The van der Waals surface area contributed by atoms with Crippen LogP contribution in [0.2, 0.25) is 0 Å². The normalized spacial score (nSPS) is 12.2. The van der Waals surface area contributed by atoms with E-state index in [-0.39, 0.29) is 17.6 Å². The lowest BCUT2D eigenvalue weighted by molar-refractivity contribution is -0.123. The number of nitrogens with one attached hydrogen (secondary N) is 1. The number of fused-ring (bicyclic) bond motifs is 1. The van der Waals surface area contributed by atoms with Crippen molar-refractivity contribution in [3.05, 3.63) is 65.9 Å². The number of esters is 1. The number of amides is 1. The predicted octanol–water partition coefficient (Wildman–Crippen LogP) is 4.74. The van der Waals surface area contributed by atoms with Crippen LogP contribution in [0.15, 0.2) is 59.0 Å². The number of hydrogen-bond donors (Lipinski definition) is 1. The van der Waals surface area contributed by atoms with Gasteiger partial charge in [-0.05, 0) is 36.6 Å². The van der Waals surface area contributed by atoms with E-state index in [9.17, 15) is 9.59 Å². The van der Waals surface area contributed by atoms with E-state index in [1.807, 2.05) is 42.5 Å². The maximum absolute atomic E-state index is 12.4. The summed E-state index contributed by atoms with van der Waals surface area (Å²) in [7, 11) is 0. The van der Waals surface area contributed by atoms with Crippen molar-refractivity contribution in [3.63, 3.8) is 0 Å². The lowest BCUT2D eigenvalue weighted by Crippen LogP contribution is -2.30. The van der Waals surface area contributed by atoms with Gasteiger partial charge in [-0.3, -0.25) is 4.79 Å². The SMILES string of the molecule is CC(C)c1ccccc1NC(=O)[C@@H](C)OC(=O)c1cc2ccccc2o1. The Bertz CT molecular complexity index is 909. The Morgan fingerprint density at radius 2 is 1.69 bits per heavy atom. The zero-order valence-electron chi connectivity index (χ0n) is 15.0. The van der Waals surface area contributed by atoms with Crippen LogP contribution in [0.25, 0.3) is 11.0 Å². The molecule has 0 aliphatic heterocycles. The average molecular weight is 351 g/mol. The first-order valence-electron chi connectivity index (χ1n) is 8.55. The van der Waals surface area contributed by atoms with E-state index in [1.165, 1.54) is 6.92 Å². The molecule has 5 heteroatoms. The minimum absolute atomic E-state index is 0.0773. The van der Waals surface area contributed by atoms with Crippen molar-refractivity contribution in [3.8, 4) is 0 Å². The van der Waals surface area contributed by atoms with Gasteiger partial charge in [-0.2, -0.15) is 0 Å². The molecule has 0 fully saturated rings. The fraction of sp³-hybridized carbons (Fsp3) is 0.238. The van der Waals surface area contributed by atoms with E-state index in [2.05, 4.69) is 19.2 Å². The third kappa shape index (κ3) is 3.77. The Labute approximate surface area is 152 Å². The van der Waals surface area contributed by atoms with Crippen LogP contribution >= 0.6 is 0 Å². The molecule has 0 unspecified atom stereocenters. The third-order valence-electron chi connectivity index (χ3n) is 4.12. The van der Waals surface area contributed by atoms with Gasteiger partial charge in [0.05, 0.1) is 0 Å². The lowest BCUT2D eigenvalue weighted by atomic mass is 10.0. The second kappa shape index (κ2) is 7.44. The molecule has 0 aliphatic carbocycles. The smallest absolute Gasteiger partial charge is 0.375 e. The van der Waals surface area contributed by atoms with Gasteiger partial charge in [0, 0.05) is 11.1 Å². The maximum atomic E-state index is 12.4. The second-order valence-corrected chi connectivity index (χ2v) is 6.43. The molecule has 0 bridgehead atoms. The number of ether oxygens (including phenoxy) is 1. The van der Waals surface area contributed by atoms with E-state index < -0.39 is 12.1 Å². The van der Waals surface area contributed by atoms with Crippen molar-refractivity contribution in [2.75, 3.05) is 5.32 Å². The molecular formula is C21H21NO4. The molecule has 0 spiro atoms. The number of carbonyl (C=O) groups excluding carboxylic acids is 2. The van der Waals surface area contributed by atoms with Gasteiger partial charge in [-0.1, -0.05) is 50.2 Å². The van der Waals surface area contributed by atoms with Gasteiger partial charge in [0.15, 0.2) is 6.10 Å². The van der Waals surface area contributed by atoms with Crippen molar-refractivity contribution >= 4 is 28.5 Å². The monoisotopic (exact) mass is 351 g/mol. The third-order valence-corrected chi connectivity index (χ3v) is 4.12. The molecular weight excluding hydrogens is 330 g/mol. The molecule has 1 amide bonds. The summed E-state index contributed by atoms with van der Waals surface area (Å²) in [6, 6.07) is 16.5. The molecule has 5 nitrogen and oxygen atoms in total. The zero-order valence-corrected chi connectivity index (χ0v) is 15.0. The molecule has 2 aromatic carbocycles. The summed E-state index contributed by atoms with van der Waals surface area (Å²) in [6.45, 7) is 5.64. The summed E-state index contributed by atoms with van der Waals surface area (Å²) < 4.78 is 10.7. The van der Waals surface area contributed by atoms with Crippen molar-refractivity contribution < 1.29 is 18.7 Å². The van der Waals surface area contributed by atoms with Gasteiger partial charge >= 0.3 is 5.97 Å². The fourth-order valence-electron chi connectivity index (χ4n) is 2.70. The second-order valence-electron chi connectivity index (χ2n) is 6.43. The highest BCUT2D eigenvalue weighted by atomic mass is 16.6. The quantitative estimate of drug-likeness (QED) is 0.674. The topological polar surface area (TPSA) is 68.5 Å². The van der Waals surface area contributed by atoms with Crippen LogP contribution in [0.4, 0.5) is 5.69 Å². The number of para-hydroxylation sites is 2. The summed E-state index contributed by atoms with van der Waals surface area (Å²) in [5.74, 6) is -0.711. The van der Waals surface area contributed by atoms with Gasteiger partial charge in [-0.25, -0.2) is 4.79 Å². The summed E-state index contributed by atoms with van der Waals surface area (Å²) >= 11 is 0. The molecule has 1 N–H and O–H groups in total. The summed E-state index contributed by atoms with van der Waals surface area (Å²) in [4.78, 5) is 24.7. The number of furan rings is 1. The van der Waals surface area contributed by atoms with Crippen molar-refractivity contribution in [1.29, 1.82) is 0 Å². The van der Waals surface area contributed by atoms with Gasteiger partial charge in [0.1, 0.15) is 5.58 Å². The Balaban J connectivity index is 1.68. The van der Waals surface area contributed by atoms with Crippen LogP contribution in [-0.2, 0) is 9.53 Å². The van der Waals surface area contributed by atoms with Crippen molar-refractivity contribution in [1.82, 2.24) is 0 Å². The standard InChI is InChI=1S/C21H21NO4/c1-13(2)16-9-5-6-10-17(16)22-20(23)14(3)25-21(24)19-12-15-8-4-7-11-18(15)26-19/h4-14H,1-3H3,(H,22,23)/t14-/m1/s1. The highest BCUT2D eigenvalue weighted by molar-refractivity contribution is 5.98. The number of hydrogen-bond acceptors (Lipinski definition) is 4. The summed E-state index contributed by atoms with van der Waals surface area (Å²) in [5.41, 5.74) is 2.35. The van der Waals surface area contributed by atoms with Crippen LogP contribution in [0.1, 0.15) is 42.8 Å². The molecule has 1 aromatic heterocycles. The van der Waals surface area contributed by atoms with E-state index in [4.69, 9.17) is 9.15 Å². The Hall–Kier alpha value is -3.08. The molecule has 0 saturated heterocycles. The fourth-order valence-corrected chi connectivity index (χ4v) is 2.70. The molecule has 0 aliphatic rings. The highest BCUT2D eigenvalue weighted by Crippen LogP contribution is 2.24. The highest BCUT2D eigenvalue weighted by Gasteiger charge is 2.22. The van der Waals surface area contributed by atoms with Crippen LogP contribution < -0.4 is 5.32 Å². The first kappa shape index (κ1) is 17.7. The van der Waals surface area contributed by atoms with Gasteiger partial charge in [-0.15, -0.1) is 0 Å². The molecule has 3 rings (SSSR count). The number of rotatable bonds is 5. The first-order chi connectivity index (χ1) is 12.5. The summed E-state index contributed by atoms with van der Waals surface area (Å²) in [5, 5.41) is 3.64. The Morgan fingerprint density at radius 1 is 1.00 bits per heavy atom. The van der Waals surface area contributed by atoms with Crippen LogP contribution in [0, 0.1) is 0 Å². The Morgan fingerprint density at radius 3 is 2.42 bits per heavy atom. The van der Waals surface area contributed by atoms with Crippen LogP contribution in [0.3, 0.4) is 0 Å².